The minimum absolute atomic E-state index is 0. The molecule has 1 aromatic carbocycles. The van der Waals surface area contributed by atoms with Gasteiger partial charge in [-0.05, 0) is 38.7 Å². The Morgan fingerprint density at radius 1 is 1.28 bits per heavy atom. The van der Waals surface area contributed by atoms with Gasteiger partial charge in [-0.3, -0.25) is 4.99 Å². The SMILES string of the molecule is CCOC(C)c1noc(CNC(=NC)NCc2ccccc2OCC2CC2)n1.I. The highest BCUT2D eigenvalue weighted by Gasteiger charge is 2.22. The van der Waals surface area contributed by atoms with Crippen molar-refractivity contribution in [1.29, 1.82) is 0 Å². The minimum atomic E-state index is -0.188. The Morgan fingerprint density at radius 3 is 2.76 bits per heavy atom. The summed E-state index contributed by atoms with van der Waals surface area (Å²) in [6.07, 6.45) is 2.36. The molecule has 0 radical (unpaired) electrons. The van der Waals surface area contributed by atoms with E-state index in [0.717, 1.165) is 23.8 Å². The van der Waals surface area contributed by atoms with E-state index in [-0.39, 0.29) is 30.1 Å². The van der Waals surface area contributed by atoms with Crippen LogP contribution in [0.2, 0.25) is 0 Å². The van der Waals surface area contributed by atoms with Crippen LogP contribution in [0, 0.1) is 5.92 Å². The van der Waals surface area contributed by atoms with Crippen molar-refractivity contribution in [2.24, 2.45) is 10.9 Å². The maximum Gasteiger partial charge on any atom is 0.246 e. The zero-order valence-electron chi connectivity index (χ0n) is 17.2. The first-order chi connectivity index (χ1) is 13.7. The van der Waals surface area contributed by atoms with Crippen LogP contribution in [-0.4, -0.2) is 36.4 Å². The van der Waals surface area contributed by atoms with Crippen LogP contribution in [0.25, 0.3) is 0 Å². The van der Waals surface area contributed by atoms with Crippen molar-refractivity contribution in [2.75, 3.05) is 20.3 Å². The summed E-state index contributed by atoms with van der Waals surface area (Å²) in [5.41, 5.74) is 1.09. The smallest absolute Gasteiger partial charge is 0.246 e. The van der Waals surface area contributed by atoms with E-state index in [4.69, 9.17) is 14.0 Å². The first-order valence-corrected chi connectivity index (χ1v) is 9.78. The number of nitrogens with one attached hydrogen (secondary N) is 2. The summed E-state index contributed by atoms with van der Waals surface area (Å²) in [6.45, 7) is 6.22. The number of benzene rings is 1. The Kier molecular flexibility index (Phi) is 9.65. The topological polar surface area (TPSA) is 93.8 Å². The second kappa shape index (κ2) is 12.0. The van der Waals surface area contributed by atoms with Gasteiger partial charge in [-0.1, -0.05) is 23.4 Å². The zero-order valence-corrected chi connectivity index (χ0v) is 19.5. The van der Waals surface area contributed by atoms with Crippen molar-refractivity contribution in [1.82, 2.24) is 20.8 Å². The van der Waals surface area contributed by atoms with Crippen molar-refractivity contribution in [3.63, 3.8) is 0 Å². The van der Waals surface area contributed by atoms with E-state index >= 15 is 0 Å². The molecule has 0 spiro atoms. The van der Waals surface area contributed by atoms with Crippen LogP contribution in [0.5, 0.6) is 5.75 Å². The number of halogens is 1. The maximum absolute atomic E-state index is 5.96. The number of guanidine groups is 1. The van der Waals surface area contributed by atoms with Gasteiger partial charge in [0.05, 0.1) is 13.2 Å². The molecule has 1 fully saturated rings. The lowest BCUT2D eigenvalue weighted by Crippen LogP contribution is -2.36. The Labute approximate surface area is 188 Å². The molecular formula is C20H30IN5O3. The average Bonchev–Trinajstić information content (AvgIpc) is 3.42. The predicted octanol–water partition coefficient (Wildman–Crippen LogP) is 3.44. The van der Waals surface area contributed by atoms with Crippen molar-refractivity contribution in [2.45, 2.75) is 45.9 Å². The van der Waals surface area contributed by atoms with Crippen LogP contribution in [0.3, 0.4) is 0 Å². The highest BCUT2D eigenvalue weighted by molar-refractivity contribution is 14.0. The molecule has 0 bridgehead atoms. The van der Waals surface area contributed by atoms with E-state index < -0.39 is 0 Å². The molecule has 1 aliphatic rings. The second-order valence-corrected chi connectivity index (χ2v) is 6.79. The molecule has 0 amide bonds. The van der Waals surface area contributed by atoms with E-state index in [2.05, 4.69) is 31.8 Å². The summed E-state index contributed by atoms with van der Waals surface area (Å²) in [5, 5.41) is 10.4. The molecule has 2 aromatic rings. The molecule has 8 nitrogen and oxygen atoms in total. The largest absolute Gasteiger partial charge is 0.493 e. The molecule has 0 saturated heterocycles. The van der Waals surface area contributed by atoms with Crippen molar-refractivity contribution in [3.05, 3.63) is 41.5 Å². The number of aromatic nitrogens is 2. The number of ether oxygens (including phenoxy) is 2. The quantitative estimate of drug-likeness (QED) is 0.285. The van der Waals surface area contributed by atoms with Gasteiger partial charge in [0.2, 0.25) is 5.89 Å². The summed E-state index contributed by atoms with van der Waals surface area (Å²) in [7, 11) is 1.72. The van der Waals surface area contributed by atoms with Gasteiger partial charge in [0.25, 0.3) is 0 Å². The van der Waals surface area contributed by atoms with Crippen LogP contribution < -0.4 is 15.4 Å². The molecule has 3 rings (SSSR count). The van der Waals surface area contributed by atoms with Gasteiger partial charge in [0.15, 0.2) is 11.8 Å². The third-order valence-corrected chi connectivity index (χ3v) is 4.49. The molecule has 9 heteroatoms. The molecule has 1 atom stereocenters. The van der Waals surface area contributed by atoms with E-state index in [1.54, 1.807) is 7.05 Å². The fourth-order valence-corrected chi connectivity index (χ4v) is 2.67. The summed E-state index contributed by atoms with van der Waals surface area (Å²) in [4.78, 5) is 8.59. The van der Waals surface area contributed by atoms with Crippen LogP contribution in [0.4, 0.5) is 0 Å². The average molecular weight is 515 g/mol. The number of hydrogen-bond acceptors (Lipinski definition) is 6. The lowest BCUT2D eigenvalue weighted by molar-refractivity contribution is 0.0683. The first kappa shape index (κ1) is 23.4. The van der Waals surface area contributed by atoms with Gasteiger partial charge in [-0.25, -0.2) is 0 Å². The van der Waals surface area contributed by atoms with Gasteiger partial charge in [-0.15, -0.1) is 24.0 Å². The highest BCUT2D eigenvalue weighted by atomic mass is 127. The third kappa shape index (κ3) is 7.46. The predicted molar refractivity (Wildman–Crippen MR) is 121 cm³/mol. The molecule has 160 valence electrons. The Hall–Kier alpha value is -1.88. The zero-order chi connectivity index (χ0) is 19.8. The summed E-state index contributed by atoms with van der Waals surface area (Å²) in [6, 6.07) is 8.07. The number of para-hydroxylation sites is 1. The van der Waals surface area contributed by atoms with E-state index in [9.17, 15) is 0 Å². The number of rotatable bonds is 10. The molecule has 1 aromatic heterocycles. The van der Waals surface area contributed by atoms with E-state index in [0.29, 0.717) is 37.4 Å². The van der Waals surface area contributed by atoms with Gasteiger partial charge < -0.3 is 24.6 Å². The molecule has 29 heavy (non-hydrogen) atoms. The third-order valence-electron chi connectivity index (χ3n) is 4.49. The Balaban J connectivity index is 0.00000300. The van der Waals surface area contributed by atoms with Crippen LogP contribution in [-0.2, 0) is 17.8 Å². The van der Waals surface area contributed by atoms with Crippen LogP contribution in [0.1, 0.15) is 50.1 Å². The standard InChI is InChI=1S/C20H29N5O3.HI/c1-4-26-14(2)19-24-18(28-25-19)12-23-20(21-3)22-11-16-7-5-6-8-17(16)27-13-15-9-10-15;/h5-8,14-15H,4,9-13H2,1-3H3,(H2,21,22,23);1H. The summed E-state index contributed by atoms with van der Waals surface area (Å²) >= 11 is 0. The van der Waals surface area contributed by atoms with Gasteiger partial charge in [-0.2, -0.15) is 4.98 Å². The molecule has 1 heterocycles. The lowest BCUT2D eigenvalue weighted by Gasteiger charge is -2.14. The lowest BCUT2D eigenvalue weighted by atomic mass is 10.2. The monoisotopic (exact) mass is 515 g/mol. The maximum atomic E-state index is 5.96. The molecule has 2 N–H and O–H groups in total. The first-order valence-electron chi connectivity index (χ1n) is 9.78. The molecule has 1 saturated carbocycles. The fraction of sp³-hybridized carbons (Fsp3) is 0.550. The molecule has 0 aliphatic heterocycles. The summed E-state index contributed by atoms with van der Waals surface area (Å²) in [5.74, 6) is 3.32. The fourth-order valence-electron chi connectivity index (χ4n) is 2.67. The Bertz CT molecular complexity index is 779. The normalized spacial score (nSPS) is 14.8. The number of aliphatic imine (C=N–C) groups is 1. The highest BCUT2D eigenvalue weighted by Crippen LogP contribution is 2.30. The van der Waals surface area contributed by atoms with Crippen molar-refractivity contribution < 1.29 is 14.0 Å². The van der Waals surface area contributed by atoms with Gasteiger partial charge in [0.1, 0.15) is 11.9 Å². The van der Waals surface area contributed by atoms with Crippen LogP contribution >= 0.6 is 24.0 Å². The van der Waals surface area contributed by atoms with Gasteiger partial charge in [0, 0.05) is 25.8 Å². The van der Waals surface area contributed by atoms with Crippen LogP contribution in [0.15, 0.2) is 33.8 Å². The van der Waals surface area contributed by atoms with Gasteiger partial charge >= 0.3 is 0 Å². The molecular weight excluding hydrogens is 485 g/mol. The second-order valence-electron chi connectivity index (χ2n) is 6.79. The van der Waals surface area contributed by atoms with E-state index in [1.165, 1.54) is 12.8 Å². The molecule has 1 unspecified atom stereocenters. The Morgan fingerprint density at radius 2 is 2.03 bits per heavy atom. The number of hydrogen-bond donors (Lipinski definition) is 2. The number of nitrogens with zero attached hydrogens (tertiary/aromatic N) is 3. The van der Waals surface area contributed by atoms with Crippen molar-refractivity contribution >= 4 is 29.9 Å². The van der Waals surface area contributed by atoms with Crippen molar-refractivity contribution in [3.8, 4) is 5.75 Å². The molecule has 1 aliphatic carbocycles. The van der Waals surface area contributed by atoms with E-state index in [1.807, 2.05) is 32.0 Å². The summed E-state index contributed by atoms with van der Waals surface area (Å²) < 4.78 is 16.7. The minimum Gasteiger partial charge on any atom is -0.493 e.